The lowest BCUT2D eigenvalue weighted by Gasteiger charge is -2.44. The average Bonchev–Trinajstić information content (AvgIpc) is 2.66. The maximum absolute atomic E-state index is 12.8. The van der Waals surface area contributed by atoms with Gasteiger partial charge in [-0.2, -0.15) is 0 Å². The minimum Gasteiger partial charge on any atom is -0.464 e. The Morgan fingerprint density at radius 1 is 1.14 bits per heavy atom. The molecule has 0 bridgehead atoms. The first-order chi connectivity index (χ1) is 13.4. The van der Waals surface area contributed by atoms with Gasteiger partial charge in [0.25, 0.3) is 0 Å². The Balaban J connectivity index is 2.17. The molecule has 28 heavy (non-hydrogen) atoms. The zero-order chi connectivity index (χ0) is 20.7. The summed E-state index contributed by atoms with van der Waals surface area (Å²) in [4.78, 5) is 26.1. The molecule has 0 N–H and O–H groups in total. The van der Waals surface area contributed by atoms with E-state index in [1.54, 1.807) is 26.6 Å². The van der Waals surface area contributed by atoms with Crippen molar-refractivity contribution in [2.45, 2.75) is 52.5 Å². The highest BCUT2D eigenvalue weighted by Gasteiger charge is 2.44. The lowest BCUT2D eigenvalue weighted by Crippen LogP contribution is -2.54. The first-order valence-corrected chi connectivity index (χ1v) is 11.6. The van der Waals surface area contributed by atoms with Gasteiger partial charge < -0.3 is 18.5 Å². The van der Waals surface area contributed by atoms with Gasteiger partial charge in [0.15, 0.2) is 0 Å². The minimum atomic E-state index is -3.25. The molecule has 9 heteroatoms. The van der Waals surface area contributed by atoms with Crippen LogP contribution in [0.4, 0.5) is 4.79 Å². The Labute approximate surface area is 167 Å². The van der Waals surface area contributed by atoms with Crippen LogP contribution in [0.3, 0.4) is 0 Å². The Hall–Kier alpha value is -1.37. The van der Waals surface area contributed by atoms with E-state index >= 15 is 0 Å². The van der Waals surface area contributed by atoms with Crippen molar-refractivity contribution >= 4 is 19.7 Å². The molecule has 2 aliphatic rings. The number of piperidine rings is 1. The predicted molar refractivity (Wildman–Crippen MR) is 104 cm³/mol. The van der Waals surface area contributed by atoms with E-state index < -0.39 is 25.7 Å². The van der Waals surface area contributed by atoms with Gasteiger partial charge in [-0.3, -0.25) is 9.46 Å². The largest absolute Gasteiger partial charge is 0.464 e. The third kappa shape index (κ3) is 5.58. The number of carbonyl (C=O) groups excluding carboxylic acids is 2. The average molecular weight is 417 g/mol. The topological polar surface area (TPSA) is 91.4 Å². The summed E-state index contributed by atoms with van der Waals surface area (Å²) in [6.07, 6.45) is 2.32. The highest BCUT2D eigenvalue weighted by molar-refractivity contribution is 7.57. The zero-order valence-corrected chi connectivity index (χ0v) is 18.1. The summed E-state index contributed by atoms with van der Waals surface area (Å²) in [5.41, 5.74) is 1.03. The fraction of sp³-hybridized carbons (Fsp3) is 0.789. The molecule has 8 nitrogen and oxygen atoms in total. The van der Waals surface area contributed by atoms with Gasteiger partial charge in [-0.05, 0) is 58.3 Å². The fourth-order valence-electron chi connectivity index (χ4n) is 4.12. The quantitative estimate of drug-likeness (QED) is 0.457. The number of ether oxygens (including phenoxy) is 2. The molecular formula is C19H32NO7P. The van der Waals surface area contributed by atoms with E-state index in [1.807, 2.05) is 0 Å². The van der Waals surface area contributed by atoms with Gasteiger partial charge in [-0.25, -0.2) is 9.59 Å². The second-order valence-electron chi connectivity index (χ2n) is 7.05. The maximum Gasteiger partial charge on any atom is 0.410 e. The van der Waals surface area contributed by atoms with Crippen LogP contribution in [0.2, 0.25) is 0 Å². The number of esters is 1. The molecule has 0 spiro atoms. The molecule has 0 aromatic rings. The summed E-state index contributed by atoms with van der Waals surface area (Å²) < 4.78 is 33.6. The molecule has 3 atom stereocenters. The Bertz CT molecular complexity index is 626. The molecule has 1 amide bonds. The number of methoxy groups -OCH3 is 1. The van der Waals surface area contributed by atoms with Crippen LogP contribution in [0.15, 0.2) is 11.4 Å². The highest BCUT2D eigenvalue weighted by Crippen LogP contribution is 2.53. The van der Waals surface area contributed by atoms with Gasteiger partial charge in [0, 0.05) is 12.4 Å². The monoisotopic (exact) mass is 417 g/mol. The SMILES string of the molecule is CCOC(=O)C1CC2CC(=CP(=O)(OCC)OCC)CCC2CN1C(=O)OC. The third-order valence-electron chi connectivity index (χ3n) is 5.29. The number of allylic oxidation sites excluding steroid dienone is 1. The molecule has 1 aliphatic heterocycles. The molecule has 1 heterocycles. The Kier molecular flexibility index (Phi) is 8.53. The van der Waals surface area contributed by atoms with Gasteiger partial charge in [-0.1, -0.05) is 5.57 Å². The second kappa shape index (κ2) is 10.4. The Morgan fingerprint density at radius 3 is 2.39 bits per heavy atom. The van der Waals surface area contributed by atoms with Gasteiger partial charge in [0.05, 0.1) is 26.9 Å². The van der Waals surface area contributed by atoms with E-state index in [9.17, 15) is 14.2 Å². The van der Waals surface area contributed by atoms with Gasteiger partial charge in [0.2, 0.25) is 0 Å². The number of hydrogen-bond donors (Lipinski definition) is 0. The molecular weight excluding hydrogens is 385 g/mol. The van der Waals surface area contributed by atoms with Crippen molar-refractivity contribution in [2.75, 3.05) is 33.5 Å². The van der Waals surface area contributed by atoms with Crippen LogP contribution in [0.5, 0.6) is 0 Å². The van der Waals surface area contributed by atoms with E-state index in [1.165, 1.54) is 12.0 Å². The molecule has 1 aliphatic carbocycles. The second-order valence-corrected chi connectivity index (χ2v) is 8.91. The molecule has 0 aromatic carbocycles. The first kappa shape index (κ1) is 22.9. The molecule has 3 unspecified atom stereocenters. The van der Waals surface area contributed by atoms with Crippen molar-refractivity contribution in [3.05, 3.63) is 11.4 Å². The van der Waals surface area contributed by atoms with Crippen LogP contribution in [0, 0.1) is 11.8 Å². The fourth-order valence-corrected chi connectivity index (χ4v) is 5.74. The van der Waals surface area contributed by atoms with Crippen molar-refractivity contribution in [2.24, 2.45) is 11.8 Å². The van der Waals surface area contributed by atoms with Crippen LogP contribution in [-0.4, -0.2) is 56.5 Å². The zero-order valence-electron chi connectivity index (χ0n) is 17.2. The van der Waals surface area contributed by atoms with E-state index in [2.05, 4.69) is 0 Å². The number of likely N-dealkylation sites (tertiary alicyclic amines) is 1. The van der Waals surface area contributed by atoms with Crippen molar-refractivity contribution < 1.29 is 32.7 Å². The van der Waals surface area contributed by atoms with Crippen molar-refractivity contribution in [1.82, 2.24) is 4.90 Å². The first-order valence-electron chi connectivity index (χ1n) is 9.98. The van der Waals surface area contributed by atoms with Crippen LogP contribution in [0.1, 0.15) is 46.5 Å². The third-order valence-corrected chi connectivity index (χ3v) is 7.20. The summed E-state index contributed by atoms with van der Waals surface area (Å²) in [6, 6.07) is -0.654. The van der Waals surface area contributed by atoms with Crippen LogP contribution in [-0.2, 0) is 27.9 Å². The molecule has 2 rings (SSSR count). The molecule has 1 saturated carbocycles. The Morgan fingerprint density at radius 2 is 1.82 bits per heavy atom. The van der Waals surface area contributed by atoms with E-state index in [-0.39, 0.29) is 18.4 Å². The van der Waals surface area contributed by atoms with Crippen molar-refractivity contribution in [1.29, 1.82) is 0 Å². The lowest BCUT2D eigenvalue weighted by molar-refractivity contribution is -0.152. The minimum absolute atomic E-state index is 0.201. The van der Waals surface area contributed by atoms with Gasteiger partial charge in [-0.15, -0.1) is 0 Å². The lowest BCUT2D eigenvalue weighted by atomic mass is 9.71. The van der Waals surface area contributed by atoms with Crippen molar-refractivity contribution in [3.63, 3.8) is 0 Å². The summed E-state index contributed by atoms with van der Waals surface area (Å²) in [6.45, 7) is 6.66. The number of amides is 1. The summed E-state index contributed by atoms with van der Waals surface area (Å²) in [5.74, 6) is 1.71. The number of carbonyl (C=O) groups is 2. The molecule has 160 valence electrons. The number of hydrogen-bond acceptors (Lipinski definition) is 7. The van der Waals surface area contributed by atoms with E-state index in [4.69, 9.17) is 18.5 Å². The smallest absolute Gasteiger partial charge is 0.410 e. The molecule has 1 saturated heterocycles. The molecule has 0 radical (unpaired) electrons. The summed E-state index contributed by atoms with van der Waals surface area (Å²) in [7, 11) is -1.93. The normalized spacial score (nSPS) is 26.6. The van der Waals surface area contributed by atoms with Crippen LogP contribution >= 0.6 is 7.60 Å². The van der Waals surface area contributed by atoms with Crippen molar-refractivity contribution in [3.8, 4) is 0 Å². The van der Waals surface area contributed by atoms with E-state index in [0.717, 1.165) is 18.4 Å². The molecule has 2 fully saturated rings. The van der Waals surface area contributed by atoms with Crippen LogP contribution < -0.4 is 0 Å². The van der Waals surface area contributed by atoms with Crippen LogP contribution in [0.25, 0.3) is 0 Å². The molecule has 0 aromatic heterocycles. The van der Waals surface area contributed by atoms with Gasteiger partial charge >= 0.3 is 19.7 Å². The van der Waals surface area contributed by atoms with E-state index in [0.29, 0.717) is 32.6 Å². The summed E-state index contributed by atoms with van der Waals surface area (Å²) in [5, 5.41) is 0. The number of nitrogens with zero attached hydrogens (tertiary/aromatic N) is 1. The maximum atomic E-state index is 12.8. The van der Waals surface area contributed by atoms with Gasteiger partial charge in [0.1, 0.15) is 6.04 Å². The predicted octanol–water partition coefficient (Wildman–Crippen LogP) is 3.96. The summed E-state index contributed by atoms with van der Waals surface area (Å²) >= 11 is 0. The number of fused-ring (bicyclic) bond motifs is 1. The number of rotatable bonds is 7. The highest BCUT2D eigenvalue weighted by atomic mass is 31.2. The standard InChI is InChI=1S/C19H32NO7P/c1-5-25-18(21)17-11-16-10-14(13-28(23,26-6-2)27-7-3)8-9-15(16)12-20(17)19(22)24-4/h13,15-17H,5-12H2,1-4H3.